The van der Waals surface area contributed by atoms with Gasteiger partial charge >= 0.3 is 0 Å². The van der Waals surface area contributed by atoms with Crippen molar-refractivity contribution in [3.8, 4) is 11.5 Å². The zero-order chi connectivity index (χ0) is 17.6. The number of hydrogen-bond acceptors (Lipinski definition) is 7. The predicted octanol–water partition coefficient (Wildman–Crippen LogP) is 3.68. The second-order valence-electron chi connectivity index (χ2n) is 5.35. The highest BCUT2D eigenvalue weighted by Gasteiger charge is 2.07. The quantitative estimate of drug-likeness (QED) is 0.710. The van der Waals surface area contributed by atoms with Gasteiger partial charge < -0.3 is 20.1 Å². The SMILES string of the molecule is COc1ccc(Nc2cnnc(Nc3cc(C)ccc3OC)n2)cc1. The van der Waals surface area contributed by atoms with Gasteiger partial charge in [0.1, 0.15) is 11.5 Å². The molecule has 0 aliphatic carbocycles. The van der Waals surface area contributed by atoms with E-state index in [2.05, 4.69) is 25.8 Å². The molecule has 0 spiro atoms. The average Bonchev–Trinajstić information content (AvgIpc) is 2.63. The molecule has 7 heteroatoms. The van der Waals surface area contributed by atoms with Crippen LogP contribution in [0.5, 0.6) is 11.5 Å². The van der Waals surface area contributed by atoms with E-state index in [-0.39, 0.29) is 0 Å². The van der Waals surface area contributed by atoms with Gasteiger partial charge in [0.15, 0.2) is 5.82 Å². The van der Waals surface area contributed by atoms with Crippen molar-refractivity contribution >= 4 is 23.1 Å². The molecule has 2 N–H and O–H groups in total. The second kappa shape index (κ2) is 7.48. The Bertz CT molecular complexity index is 852. The molecule has 0 unspecified atom stereocenters. The molecule has 1 heterocycles. The van der Waals surface area contributed by atoms with Gasteiger partial charge in [-0.1, -0.05) is 6.07 Å². The first kappa shape index (κ1) is 16.5. The summed E-state index contributed by atoms with van der Waals surface area (Å²) < 4.78 is 10.5. The van der Waals surface area contributed by atoms with Gasteiger partial charge in [-0.2, -0.15) is 10.1 Å². The summed E-state index contributed by atoms with van der Waals surface area (Å²) in [5.74, 6) is 2.46. The van der Waals surface area contributed by atoms with E-state index in [0.717, 1.165) is 22.7 Å². The van der Waals surface area contributed by atoms with E-state index in [1.54, 1.807) is 20.4 Å². The van der Waals surface area contributed by atoms with Crippen LogP contribution in [0.15, 0.2) is 48.7 Å². The number of aromatic nitrogens is 3. The number of hydrogen-bond donors (Lipinski definition) is 2. The number of nitrogens with one attached hydrogen (secondary N) is 2. The topological polar surface area (TPSA) is 81.2 Å². The maximum atomic E-state index is 5.35. The molecule has 3 aromatic rings. The Morgan fingerprint density at radius 3 is 2.44 bits per heavy atom. The molecule has 0 saturated carbocycles. The molecule has 0 bridgehead atoms. The Balaban J connectivity index is 1.78. The maximum absolute atomic E-state index is 5.35. The summed E-state index contributed by atoms with van der Waals surface area (Å²) in [6.07, 6.45) is 1.56. The number of nitrogens with zero attached hydrogens (tertiary/aromatic N) is 3. The number of methoxy groups -OCH3 is 2. The number of aryl methyl sites for hydroxylation is 1. The zero-order valence-corrected chi connectivity index (χ0v) is 14.3. The normalized spacial score (nSPS) is 10.2. The van der Waals surface area contributed by atoms with E-state index in [1.165, 1.54) is 0 Å². The molecule has 3 rings (SSSR count). The summed E-state index contributed by atoms with van der Waals surface area (Å²) in [6.45, 7) is 2.01. The van der Waals surface area contributed by atoms with E-state index in [0.29, 0.717) is 17.5 Å². The molecule has 0 amide bonds. The first-order valence-electron chi connectivity index (χ1n) is 7.70. The van der Waals surface area contributed by atoms with Crippen LogP contribution in [-0.2, 0) is 0 Å². The van der Waals surface area contributed by atoms with Gasteiger partial charge in [-0.25, -0.2) is 0 Å². The van der Waals surface area contributed by atoms with E-state index in [9.17, 15) is 0 Å². The number of ether oxygens (including phenoxy) is 2. The largest absolute Gasteiger partial charge is 0.497 e. The molecule has 7 nitrogen and oxygen atoms in total. The van der Waals surface area contributed by atoms with Crippen molar-refractivity contribution in [1.82, 2.24) is 15.2 Å². The predicted molar refractivity (Wildman–Crippen MR) is 97.1 cm³/mol. The van der Waals surface area contributed by atoms with Crippen LogP contribution in [0, 0.1) is 6.92 Å². The van der Waals surface area contributed by atoms with Crippen LogP contribution in [0.1, 0.15) is 5.56 Å². The molecular formula is C18H19N5O2. The Kier molecular flexibility index (Phi) is 4.94. The van der Waals surface area contributed by atoms with Crippen LogP contribution in [0.25, 0.3) is 0 Å². The van der Waals surface area contributed by atoms with Crippen LogP contribution in [-0.4, -0.2) is 29.4 Å². The summed E-state index contributed by atoms with van der Waals surface area (Å²) >= 11 is 0. The molecule has 0 atom stereocenters. The summed E-state index contributed by atoms with van der Waals surface area (Å²) in [5, 5.41) is 14.3. The lowest BCUT2D eigenvalue weighted by molar-refractivity contribution is 0.415. The minimum absolute atomic E-state index is 0.377. The minimum Gasteiger partial charge on any atom is -0.497 e. The van der Waals surface area contributed by atoms with E-state index < -0.39 is 0 Å². The first-order valence-corrected chi connectivity index (χ1v) is 7.70. The lowest BCUT2D eigenvalue weighted by Crippen LogP contribution is -2.03. The summed E-state index contributed by atoms with van der Waals surface area (Å²) in [4.78, 5) is 4.43. The van der Waals surface area contributed by atoms with Crippen molar-refractivity contribution in [2.24, 2.45) is 0 Å². The lowest BCUT2D eigenvalue weighted by Gasteiger charge is -2.11. The molecule has 0 aliphatic rings. The highest BCUT2D eigenvalue weighted by atomic mass is 16.5. The first-order chi connectivity index (χ1) is 12.2. The Morgan fingerprint density at radius 1 is 0.920 bits per heavy atom. The van der Waals surface area contributed by atoms with Crippen LogP contribution in [0.2, 0.25) is 0 Å². The third-order valence-electron chi connectivity index (χ3n) is 3.52. The minimum atomic E-state index is 0.377. The fraction of sp³-hybridized carbons (Fsp3) is 0.167. The van der Waals surface area contributed by atoms with Gasteiger partial charge in [-0.3, -0.25) is 0 Å². The van der Waals surface area contributed by atoms with Gasteiger partial charge in [0, 0.05) is 5.69 Å². The monoisotopic (exact) mass is 337 g/mol. The number of benzene rings is 2. The Hall–Kier alpha value is -3.35. The molecule has 1 aromatic heterocycles. The number of rotatable bonds is 6. The Labute approximate surface area is 146 Å². The van der Waals surface area contributed by atoms with Crippen molar-refractivity contribution in [2.75, 3.05) is 24.9 Å². The average molecular weight is 337 g/mol. The fourth-order valence-corrected chi connectivity index (χ4v) is 2.28. The van der Waals surface area contributed by atoms with Gasteiger partial charge in [0.25, 0.3) is 0 Å². The van der Waals surface area contributed by atoms with Crippen LogP contribution in [0.3, 0.4) is 0 Å². The van der Waals surface area contributed by atoms with Crippen LogP contribution < -0.4 is 20.1 Å². The zero-order valence-electron chi connectivity index (χ0n) is 14.3. The molecule has 0 radical (unpaired) electrons. The smallest absolute Gasteiger partial charge is 0.249 e. The second-order valence-corrected chi connectivity index (χ2v) is 5.35. The van der Waals surface area contributed by atoms with Crippen LogP contribution in [0.4, 0.5) is 23.1 Å². The molecule has 25 heavy (non-hydrogen) atoms. The Morgan fingerprint density at radius 2 is 1.72 bits per heavy atom. The maximum Gasteiger partial charge on any atom is 0.249 e. The van der Waals surface area contributed by atoms with Crippen molar-refractivity contribution in [3.63, 3.8) is 0 Å². The van der Waals surface area contributed by atoms with Crippen LogP contribution >= 0.6 is 0 Å². The lowest BCUT2D eigenvalue weighted by atomic mass is 10.2. The van der Waals surface area contributed by atoms with E-state index >= 15 is 0 Å². The fourth-order valence-electron chi connectivity index (χ4n) is 2.28. The van der Waals surface area contributed by atoms with Crippen molar-refractivity contribution in [3.05, 3.63) is 54.2 Å². The van der Waals surface area contributed by atoms with E-state index in [1.807, 2.05) is 49.4 Å². The summed E-state index contributed by atoms with van der Waals surface area (Å²) in [7, 11) is 3.25. The van der Waals surface area contributed by atoms with Crippen molar-refractivity contribution in [2.45, 2.75) is 6.92 Å². The molecule has 2 aromatic carbocycles. The highest BCUT2D eigenvalue weighted by molar-refractivity contribution is 5.64. The van der Waals surface area contributed by atoms with Crippen molar-refractivity contribution < 1.29 is 9.47 Å². The van der Waals surface area contributed by atoms with Crippen molar-refractivity contribution in [1.29, 1.82) is 0 Å². The van der Waals surface area contributed by atoms with Gasteiger partial charge in [0.2, 0.25) is 5.95 Å². The van der Waals surface area contributed by atoms with Gasteiger partial charge in [0.05, 0.1) is 26.1 Å². The number of anilines is 4. The summed E-state index contributed by atoms with van der Waals surface area (Å²) in [5.41, 5.74) is 2.76. The molecule has 0 aliphatic heterocycles. The van der Waals surface area contributed by atoms with Gasteiger partial charge in [-0.15, -0.1) is 5.10 Å². The third kappa shape index (κ3) is 4.14. The summed E-state index contributed by atoms with van der Waals surface area (Å²) in [6, 6.07) is 13.4. The molecule has 0 fully saturated rings. The molecule has 128 valence electrons. The van der Waals surface area contributed by atoms with Gasteiger partial charge in [-0.05, 0) is 48.9 Å². The third-order valence-corrected chi connectivity index (χ3v) is 3.52. The standard InChI is InChI=1S/C18H19N5O2/c1-12-4-9-16(25-3)15(10-12)21-18-22-17(11-19-23-18)20-13-5-7-14(24-2)8-6-13/h4-11H,1-3H3,(H2,20,21,22,23). The molecular weight excluding hydrogens is 318 g/mol. The molecule has 0 saturated heterocycles. The highest BCUT2D eigenvalue weighted by Crippen LogP contribution is 2.27. The van der Waals surface area contributed by atoms with E-state index in [4.69, 9.17) is 9.47 Å².